The highest BCUT2D eigenvalue weighted by Gasteiger charge is 2.55. The van der Waals surface area contributed by atoms with Crippen molar-refractivity contribution in [2.45, 2.75) is 25.7 Å². The Morgan fingerprint density at radius 3 is 2.81 bits per heavy atom. The van der Waals surface area contributed by atoms with E-state index >= 15 is 0 Å². The molecule has 0 radical (unpaired) electrons. The molecule has 8 heteroatoms. The molecule has 2 fully saturated rings. The van der Waals surface area contributed by atoms with E-state index in [0.29, 0.717) is 18.7 Å². The monoisotopic (exact) mass is 299 g/mol. The van der Waals surface area contributed by atoms with E-state index in [1.54, 1.807) is 6.92 Å². The van der Waals surface area contributed by atoms with Crippen LogP contribution in [0.5, 0.6) is 0 Å². The molecule has 0 unspecified atom stereocenters. The SMILES string of the molecule is Cc1cc(C(=O)N2CC(F)(F)C[C@]3(CCNC3=O)C2)on1. The Kier molecular flexibility index (Phi) is 3.00. The number of nitrogens with one attached hydrogen (secondary N) is 1. The molecular formula is C13H15F2N3O3. The highest BCUT2D eigenvalue weighted by atomic mass is 19.3. The summed E-state index contributed by atoms with van der Waals surface area (Å²) in [5.41, 5.74) is -0.706. The molecule has 2 aliphatic rings. The van der Waals surface area contributed by atoms with Crippen LogP contribution in [0.15, 0.2) is 10.6 Å². The van der Waals surface area contributed by atoms with Crippen LogP contribution in [0.2, 0.25) is 0 Å². The Morgan fingerprint density at radius 2 is 2.24 bits per heavy atom. The first-order valence-electron chi connectivity index (χ1n) is 6.70. The van der Waals surface area contributed by atoms with Crippen molar-refractivity contribution >= 4 is 11.8 Å². The summed E-state index contributed by atoms with van der Waals surface area (Å²) in [5.74, 6) is -4.24. The molecule has 0 aliphatic carbocycles. The molecule has 2 amide bonds. The molecule has 3 rings (SSSR count). The third-order valence-corrected chi connectivity index (χ3v) is 4.01. The van der Waals surface area contributed by atoms with Gasteiger partial charge in [0.25, 0.3) is 11.8 Å². The first kappa shape index (κ1) is 14.0. The second kappa shape index (κ2) is 4.51. The molecular weight excluding hydrogens is 284 g/mol. The van der Waals surface area contributed by atoms with Crippen molar-refractivity contribution in [2.75, 3.05) is 19.6 Å². The van der Waals surface area contributed by atoms with E-state index in [1.807, 2.05) is 0 Å². The molecule has 0 bridgehead atoms. The van der Waals surface area contributed by atoms with E-state index in [-0.39, 0.29) is 12.3 Å². The van der Waals surface area contributed by atoms with Crippen LogP contribution < -0.4 is 5.32 Å². The molecule has 6 nitrogen and oxygen atoms in total. The summed E-state index contributed by atoms with van der Waals surface area (Å²) in [7, 11) is 0. The third kappa shape index (κ3) is 2.38. The molecule has 1 aromatic heterocycles. The van der Waals surface area contributed by atoms with Gasteiger partial charge in [0.1, 0.15) is 0 Å². The summed E-state index contributed by atoms with van der Waals surface area (Å²) in [5, 5.41) is 6.16. The summed E-state index contributed by atoms with van der Waals surface area (Å²) in [6.07, 6.45) is -0.217. The average molecular weight is 299 g/mol. The molecule has 3 heterocycles. The normalized spacial score (nSPS) is 28.0. The van der Waals surface area contributed by atoms with Gasteiger partial charge < -0.3 is 14.7 Å². The van der Waals surface area contributed by atoms with E-state index in [9.17, 15) is 18.4 Å². The van der Waals surface area contributed by atoms with Crippen molar-refractivity contribution in [1.29, 1.82) is 0 Å². The highest BCUT2D eigenvalue weighted by molar-refractivity contribution is 5.93. The predicted molar refractivity (Wildman–Crippen MR) is 66.8 cm³/mol. The Balaban J connectivity index is 1.88. The van der Waals surface area contributed by atoms with Crippen molar-refractivity contribution in [3.05, 3.63) is 17.5 Å². The lowest BCUT2D eigenvalue weighted by atomic mass is 9.77. The van der Waals surface area contributed by atoms with Gasteiger partial charge in [-0.15, -0.1) is 0 Å². The van der Waals surface area contributed by atoms with Gasteiger partial charge in [0.2, 0.25) is 11.7 Å². The largest absolute Gasteiger partial charge is 0.356 e. The summed E-state index contributed by atoms with van der Waals surface area (Å²) in [6.45, 7) is 1.27. The predicted octanol–water partition coefficient (Wildman–Crippen LogP) is 0.971. The Labute approximate surface area is 119 Å². The second-order valence-corrected chi connectivity index (χ2v) is 5.81. The van der Waals surface area contributed by atoms with Crippen molar-refractivity contribution in [3.8, 4) is 0 Å². The Morgan fingerprint density at radius 1 is 1.48 bits per heavy atom. The van der Waals surface area contributed by atoms with Crippen LogP contribution in [0.1, 0.15) is 29.1 Å². The number of aryl methyl sites for hydroxylation is 1. The molecule has 2 saturated heterocycles. The molecule has 0 aromatic carbocycles. The molecule has 114 valence electrons. The van der Waals surface area contributed by atoms with Crippen LogP contribution in [-0.4, -0.2) is 47.4 Å². The van der Waals surface area contributed by atoms with Crippen LogP contribution in [0.25, 0.3) is 0 Å². The van der Waals surface area contributed by atoms with Gasteiger partial charge in [0.15, 0.2) is 0 Å². The van der Waals surface area contributed by atoms with Crippen LogP contribution in [0.4, 0.5) is 8.78 Å². The number of alkyl halides is 2. The number of likely N-dealkylation sites (tertiary alicyclic amines) is 1. The summed E-state index contributed by atoms with van der Waals surface area (Å²) < 4.78 is 32.8. The van der Waals surface area contributed by atoms with Gasteiger partial charge in [-0.25, -0.2) is 8.78 Å². The summed E-state index contributed by atoms with van der Waals surface area (Å²) >= 11 is 0. The maximum Gasteiger partial charge on any atom is 0.292 e. The lowest BCUT2D eigenvalue weighted by Crippen LogP contribution is -2.56. The molecule has 1 atom stereocenters. The third-order valence-electron chi connectivity index (χ3n) is 4.01. The van der Waals surface area contributed by atoms with E-state index in [2.05, 4.69) is 10.5 Å². The molecule has 1 N–H and O–H groups in total. The molecule has 1 aromatic rings. The number of amides is 2. The fraction of sp³-hybridized carbons (Fsp3) is 0.615. The van der Waals surface area contributed by atoms with E-state index < -0.39 is 36.1 Å². The van der Waals surface area contributed by atoms with Crippen molar-refractivity contribution in [2.24, 2.45) is 5.41 Å². The topological polar surface area (TPSA) is 75.4 Å². The minimum atomic E-state index is -3.09. The smallest absolute Gasteiger partial charge is 0.292 e. The fourth-order valence-electron chi connectivity index (χ4n) is 3.11. The summed E-state index contributed by atoms with van der Waals surface area (Å²) in [4.78, 5) is 25.2. The number of halogens is 2. The molecule has 2 aliphatic heterocycles. The highest BCUT2D eigenvalue weighted by Crippen LogP contribution is 2.43. The molecule has 1 spiro atoms. The zero-order valence-electron chi connectivity index (χ0n) is 11.5. The van der Waals surface area contributed by atoms with Gasteiger partial charge in [-0.3, -0.25) is 9.59 Å². The van der Waals surface area contributed by atoms with Gasteiger partial charge >= 0.3 is 0 Å². The minimum absolute atomic E-state index is 0.0208. The van der Waals surface area contributed by atoms with Crippen LogP contribution in [0, 0.1) is 12.3 Å². The standard InChI is InChI=1S/C13H15F2N3O3/c1-8-4-9(21-17-8)10(19)18-6-12(2-3-16-11(12)20)5-13(14,15)7-18/h4H,2-3,5-7H2,1H3,(H,16,20)/t12-/m1/s1. The lowest BCUT2D eigenvalue weighted by Gasteiger charge is -2.42. The van der Waals surface area contributed by atoms with Crippen molar-refractivity contribution in [1.82, 2.24) is 15.4 Å². The van der Waals surface area contributed by atoms with E-state index in [0.717, 1.165) is 4.90 Å². The Hall–Kier alpha value is -1.99. The second-order valence-electron chi connectivity index (χ2n) is 5.81. The number of hydrogen-bond acceptors (Lipinski definition) is 4. The number of piperidine rings is 1. The van der Waals surface area contributed by atoms with Gasteiger partial charge in [-0.05, 0) is 13.3 Å². The number of aromatic nitrogens is 1. The number of carbonyl (C=O) groups excluding carboxylic acids is 2. The van der Waals surface area contributed by atoms with E-state index in [1.165, 1.54) is 6.07 Å². The minimum Gasteiger partial charge on any atom is -0.356 e. The number of carbonyl (C=O) groups is 2. The number of nitrogens with zero attached hydrogens (tertiary/aromatic N) is 2. The van der Waals surface area contributed by atoms with Crippen LogP contribution in [0.3, 0.4) is 0 Å². The van der Waals surface area contributed by atoms with E-state index in [4.69, 9.17) is 4.52 Å². The zero-order chi connectivity index (χ0) is 15.3. The quantitative estimate of drug-likeness (QED) is 0.838. The Bertz CT molecular complexity index is 601. The number of hydrogen-bond donors (Lipinski definition) is 1. The van der Waals surface area contributed by atoms with Crippen LogP contribution in [-0.2, 0) is 4.79 Å². The van der Waals surface area contributed by atoms with Gasteiger partial charge in [-0.2, -0.15) is 0 Å². The van der Waals surface area contributed by atoms with Crippen LogP contribution >= 0.6 is 0 Å². The van der Waals surface area contributed by atoms with Gasteiger partial charge in [-0.1, -0.05) is 5.16 Å². The average Bonchev–Trinajstić information content (AvgIpc) is 2.95. The fourth-order valence-corrected chi connectivity index (χ4v) is 3.11. The zero-order valence-corrected chi connectivity index (χ0v) is 11.5. The molecule has 0 saturated carbocycles. The summed E-state index contributed by atoms with van der Waals surface area (Å²) in [6, 6.07) is 1.40. The maximum absolute atomic E-state index is 14.0. The van der Waals surface area contributed by atoms with Gasteiger partial charge in [0, 0.05) is 25.6 Å². The van der Waals surface area contributed by atoms with Crippen molar-refractivity contribution < 1.29 is 22.9 Å². The lowest BCUT2D eigenvalue weighted by molar-refractivity contribution is -0.144. The number of rotatable bonds is 1. The molecule has 21 heavy (non-hydrogen) atoms. The first-order valence-corrected chi connectivity index (χ1v) is 6.70. The first-order chi connectivity index (χ1) is 9.81. The van der Waals surface area contributed by atoms with Crippen molar-refractivity contribution in [3.63, 3.8) is 0 Å². The van der Waals surface area contributed by atoms with Gasteiger partial charge in [0.05, 0.1) is 17.7 Å². The maximum atomic E-state index is 14.0.